The Morgan fingerprint density at radius 1 is 1.39 bits per heavy atom. The van der Waals surface area contributed by atoms with E-state index in [4.69, 9.17) is 5.73 Å². The minimum atomic E-state index is -0.790. The molecular formula is C13H18N2O3. The molecule has 4 N–H and O–H groups in total. The minimum Gasteiger partial charge on any atom is -0.508 e. The van der Waals surface area contributed by atoms with E-state index in [-0.39, 0.29) is 18.2 Å². The average Bonchev–Trinajstić information content (AvgIpc) is 2.29. The van der Waals surface area contributed by atoms with Crippen molar-refractivity contribution in [3.8, 4) is 5.75 Å². The zero-order chi connectivity index (χ0) is 13.9. The lowest BCUT2D eigenvalue weighted by atomic mass is 9.92. The lowest BCUT2D eigenvalue weighted by molar-refractivity contribution is -0.125. The van der Waals surface area contributed by atoms with Gasteiger partial charge in [0.2, 0.25) is 5.91 Å². The number of carbonyl (C=O) groups is 2. The molecule has 98 valence electrons. The first-order valence-electron chi connectivity index (χ1n) is 5.62. The summed E-state index contributed by atoms with van der Waals surface area (Å²) >= 11 is 0. The van der Waals surface area contributed by atoms with Gasteiger partial charge in [0.05, 0.1) is 5.41 Å². The Morgan fingerprint density at radius 3 is 2.50 bits per heavy atom. The quantitative estimate of drug-likeness (QED) is 0.742. The van der Waals surface area contributed by atoms with Crippen LogP contribution >= 0.6 is 0 Å². The molecular weight excluding hydrogens is 232 g/mol. The summed E-state index contributed by atoms with van der Waals surface area (Å²) in [4.78, 5) is 22.9. The largest absolute Gasteiger partial charge is 0.508 e. The third-order valence-electron chi connectivity index (χ3n) is 2.82. The van der Waals surface area contributed by atoms with Crippen molar-refractivity contribution in [3.05, 3.63) is 29.3 Å². The third kappa shape index (κ3) is 3.23. The van der Waals surface area contributed by atoms with Crippen LogP contribution in [0.25, 0.3) is 0 Å². The minimum absolute atomic E-state index is 0.143. The van der Waals surface area contributed by atoms with Crippen molar-refractivity contribution in [2.45, 2.75) is 20.8 Å². The molecule has 0 saturated carbocycles. The zero-order valence-electron chi connectivity index (χ0n) is 10.8. The number of hydrogen-bond acceptors (Lipinski definition) is 3. The first-order chi connectivity index (χ1) is 8.24. The highest BCUT2D eigenvalue weighted by molar-refractivity contribution is 5.95. The summed E-state index contributed by atoms with van der Waals surface area (Å²) in [7, 11) is 0. The fourth-order valence-electron chi connectivity index (χ4n) is 1.29. The van der Waals surface area contributed by atoms with E-state index in [2.05, 4.69) is 5.32 Å². The van der Waals surface area contributed by atoms with Crippen molar-refractivity contribution in [1.29, 1.82) is 0 Å². The van der Waals surface area contributed by atoms with Crippen LogP contribution in [0.4, 0.5) is 0 Å². The summed E-state index contributed by atoms with van der Waals surface area (Å²) in [5.41, 5.74) is 5.48. The first kappa shape index (κ1) is 14.0. The van der Waals surface area contributed by atoms with Gasteiger partial charge in [-0.15, -0.1) is 0 Å². The molecule has 0 unspecified atom stereocenters. The number of nitrogens with one attached hydrogen (secondary N) is 1. The van der Waals surface area contributed by atoms with Crippen molar-refractivity contribution in [3.63, 3.8) is 0 Å². The molecule has 0 aromatic heterocycles. The van der Waals surface area contributed by atoms with Gasteiger partial charge < -0.3 is 16.2 Å². The Balaban J connectivity index is 2.72. The van der Waals surface area contributed by atoms with Crippen molar-refractivity contribution < 1.29 is 14.7 Å². The molecule has 5 heteroatoms. The van der Waals surface area contributed by atoms with Crippen molar-refractivity contribution in [2.24, 2.45) is 11.1 Å². The summed E-state index contributed by atoms with van der Waals surface area (Å²) < 4.78 is 0. The number of hydrogen-bond donors (Lipinski definition) is 3. The van der Waals surface area contributed by atoms with Gasteiger partial charge in [-0.2, -0.15) is 0 Å². The first-order valence-corrected chi connectivity index (χ1v) is 5.62. The molecule has 0 saturated heterocycles. The molecule has 1 aromatic rings. The van der Waals surface area contributed by atoms with E-state index in [1.54, 1.807) is 26.8 Å². The van der Waals surface area contributed by atoms with Gasteiger partial charge in [-0.1, -0.05) is 0 Å². The van der Waals surface area contributed by atoms with Gasteiger partial charge in [0.25, 0.3) is 5.91 Å². The standard InChI is InChI=1S/C13H18N2O3/c1-8-6-9(4-5-10(8)16)11(17)15-7-13(2,3)12(14)18/h4-6,16H,7H2,1-3H3,(H2,14,18)(H,15,17). The molecule has 1 rings (SSSR count). The van der Waals surface area contributed by atoms with Crippen molar-refractivity contribution in [2.75, 3.05) is 6.54 Å². The predicted octanol–water partition coefficient (Wildman–Crippen LogP) is 0.942. The molecule has 0 bridgehead atoms. The number of phenols is 1. The molecule has 2 amide bonds. The van der Waals surface area contributed by atoms with Crippen LogP contribution in [0.2, 0.25) is 0 Å². The second-order valence-corrected chi connectivity index (χ2v) is 4.93. The van der Waals surface area contributed by atoms with Gasteiger partial charge in [0.1, 0.15) is 5.75 Å². The molecule has 0 fully saturated rings. The Bertz CT molecular complexity index is 481. The zero-order valence-corrected chi connectivity index (χ0v) is 10.8. The molecule has 0 heterocycles. The number of nitrogens with two attached hydrogens (primary N) is 1. The molecule has 5 nitrogen and oxygen atoms in total. The smallest absolute Gasteiger partial charge is 0.251 e. The molecule has 0 aliphatic carbocycles. The fourth-order valence-corrected chi connectivity index (χ4v) is 1.29. The maximum Gasteiger partial charge on any atom is 0.251 e. The highest BCUT2D eigenvalue weighted by Crippen LogP contribution is 2.17. The Labute approximate surface area is 106 Å². The van der Waals surface area contributed by atoms with Gasteiger partial charge in [-0.3, -0.25) is 9.59 Å². The van der Waals surface area contributed by atoms with E-state index >= 15 is 0 Å². The number of primary amides is 1. The predicted molar refractivity (Wildman–Crippen MR) is 68.2 cm³/mol. The highest BCUT2D eigenvalue weighted by Gasteiger charge is 2.25. The Kier molecular flexibility index (Phi) is 3.96. The van der Waals surface area contributed by atoms with Gasteiger partial charge >= 0.3 is 0 Å². The van der Waals surface area contributed by atoms with E-state index < -0.39 is 11.3 Å². The van der Waals surface area contributed by atoms with E-state index in [1.165, 1.54) is 12.1 Å². The second-order valence-electron chi connectivity index (χ2n) is 4.93. The van der Waals surface area contributed by atoms with Crippen molar-refractivity contribution in [1.82, 2.24) is 5.32 Å². The number of phenolic OH excluding ortho intramolecular Hbond substituents is 1. The van der Waals surface area contributed by atoms with Gasteiger partial charge in [-0.05, 0) is 44.5 Å². The Hall–Kier alpha value is -2.04. The molecule has 0 aliphatic rings. The van der Waals surface area contributed by atoms with Crippen LogP contribution in [0, 0.1) is 12.3 Å². The molecule has 18 heavy (non-hydrogen) atoms. The number of aromatic hydroxyl groups is 1. The summed E-state index contributed by atoms with van der Waals surface area (Å²) in [6.45, 7) is 5.20. The van der Waals surface area contributed by atoms with Gasteiger partial charge in [0, 0.05) is 12.1 Å². The molecule has 0 spiro atoms. The normalized spacial score (nSPS) is 11.1. The number of carbonyl (C=O) groups excluding carboxylic acids is 2. The van der Waals surface area contributed by atoms with Crippen LogP contribution in [0.3, 0.4) is 0 Å². The molecule has 1 aromatic carbocycles. The molecule has 0 radical (unpaired) electrons. The van der Waals surface area contributed by atoms with Crippen LogP contribution in [-0.2, 0) is 4.79 Å². The maximum absolute atomic E-state index is 11.8. The summed E-state index contributed by atoms with van der Waals surface area (Å²) in [6.07, 6.45) is 0. The highest BCUT2D eigenvalue weighted by atomic mass is 16.3. The van der Waals surface area contributed by atoms with E-state index in [0.717, 1.165) is 0 Å². The van der Waals surface area contributed by atoms with Crippen molar-refractivity contribution >= 4 is 11.8 Å². The SMILES string of the molecule is Cc1cc(C(=O)NCC(C)(C)C(N)=O)ccc1O. The van der Waals surface area contributed by atoms with E-state index in [1.807, 2.05) is 0 Å². The van der Waals surface area contributed by atoms with Gasteiger partial charge in [-0.25, -0.2) is 0 Å². The van der Waals surface area contributed by atoms with Gasteiger partial charge in [0.15, 0.2) is 0 Å². The van der Waals surface area contributed by atoms with E-state index in [0.29, 0.717) is 11.1 Å². The third-order valence-corrected chi connectivity index (χ3v) is 2.82. The number of benzene rings is 1. The number of amides is 2. The fraction of sp³-hybridized carbons (Fsp3) is 0.385. The summed E-state index contributed by atoms with van der Waals surface area (Å²) in [6, 6.07) is 4.57. The van der Waals surface area contributed by atoms with Crippen LogP contribution in [0.5, 0.6) is 5.75 Å². The monoisotopic (exact) mass is 250 g/mol. The summed E-state index contributed by atoms with van der Waals surface area (Å²) in [5.74, 6) is -0.624. The topological polar surface area (TPSA) is 92.4 Å². The summed E-state index contributed by atoms with van der Waals surface area (Å²) in [5, 5.41) is 12.0. The molecule has 0 aliphatic heterocycles. The van der Waals surface area contributed by atoms with Crippen LogP contribution in [-0.4, -0.2) is 23.5 Å². The van der Waals surface area contributed by atoms with Crippen LogP contribution < -0.4 is 11.1 Å². The average molecular weight is 250 g/mol. The molecule has 0 atom stereocenters. The Morgan fingerprint density at radius 2 is 2.00 bits per heavy atom. The lowest BCUT2D eigenvalue weighted by Gasteiger charge is -2.20. The van der Waals surface area contributed by atoms with E-state index in [9.17, 15) is 14.7 Å². The second kappa shape index (κ2) is 5.08. The van der Waals surface area contributed by atoms with Crippen LogP contribution in [0.15, 0.2) is 18.2 Å². The van der Waals surface area contributed by atoms with Crippen LogP contribution in [0.1, 0.15) is 29.8 Å². The number of rotatable bonds is 4. The maximum atomic E-state index is 11.8. The lowest BCUT2D eigenvalue weighted by Crippen LogP contribution is -2.42. The number of aryl methyl sites for hydroxylation is 1.